The first-order valence-electron chi connectivity index (χ1n) is 6.22. The number of carbonyl (C=O) groups excluding carboxylic acids is 1. The van der Waals surface area contributed by atoms with E-state index in [1.54, 1.807) is 18.2 Å². The Balaban J connectivity index is 2.39. The van der Waals surface area contributed by atoms with Crippen LogP contribution in [-0.2, 0) is 15.6 Å². The van der Waals surface area contributed by atoms with Gasteiger partial charge in [-0.1, -0.05) is 18.5 Å². The van der Waals surface area contributed by atoms with Gasteiger partial charge in [-0.25, -0.2) is 0 Å². The molecule has 1 aromatic rings. The number of anilines is 2. The van der Waals surface area contributed by atoms with Crippen LogP contribution >= 0.6 is 11.6 Å². The van der Waals surface area contributed by atoms with Crippen LogP contribution in [0.3, 0.4) is 0 Å². The number of nitrogens with two attached hydrogens (primary N) is 1. The lowest BCUT2D eigenvalue weighted by molar-refractivity contribution is -0.116. The van der Waals surface area contributed by atoms with Gasteiger partial charge in [0.2, 0.25) is 5.91 Å². The minimum atomic E-state index is -0.817. The summed E-state index contributed by atoms with van der Waals surface area (Å²) in [5.41, 5.74) is 6.73. The van der Waals surface area contributed by atoms with Crippen LogP contribution in [0.2, 0.25) is 5.02 Å². The highest BCUT2D eigenvalue weighted by molar-refractivity contribution is 7.84. The maximum atomic E-state index is 11.7. The van der Waals surface area contributed by atoms with Crippen molar-refractivity contribution in [2.24, 2.45) is 0 Å². The third-order valence-corrected chi connectivity index (χ3v) is 4.34. The van der Waals surface area contributed by atoms with Gasteiger partial charge in [0.05, 0.1) is 11.4 Å². The van der Waals surface area contributed by atoms with Gasteiger partial charge in [-0.15, -0.1) is 0 Å². The molecule has 6 heteroatoms. The van der Waals surface area contributed by atoms with Gasteiger partial charge in [-0.3, -0.25) is 9.00 Å². The van der Waals surface area contributed by atoms with E-state index in [2.05, 4.69) is 5.32 Å². The zero-order chi connectivity index (χ0) is 14.3. The van der Waals surface area contributed by atoms with Crippen LogP contribution in [0.15, 0.2) is 18.2 Å². The zero-order valence-corrected chi connectivity index (χ0v) is 12.5. The van der Waals surface area contributed by atoms with E-state index in [0.29, 0.717) is 40.7 Å². The first-order valence-corrected chi connectivity index (χ1v) is 8.09. The molecule has 0 saturated carbocycles. The molecule has 3 N–H and O–H groups in total. The van der Waals surface area contributed by atoms with Crippen LogP contribution in [0.1, 0.15) is 26.2 Å². The number of hydrogen-bond donors (Lipinski definition) is 2. The molecule has 0 bridgehead atoms. The summed E-state index contributed by atoms with van der Waals surface area (Å²) < 4.78 is 11.4. The molecule has 0 fully saturated rings. The number of halogens is 1. The van der Waals surface area contributed by atoms with E-state index in [1.807, 2.05) is 6.92 Å². The fourth-order valence-electron chi connectivity index (χ4n) is 1.57. The SMILES string of the molecule is CCCS(=O)CCCC(=O)Nc1cc(Cl)ccc1N. The Labute approximate surface area is 121 Å². The van der Waals surface area contributed by atoms with Crippen molar-refractivity contribution in [3.63, 3.8) is 0 Å². The first-order chi connectivity index (χ1) is 9.02. The van der Waals surface area contributed by atoms with E-state index in [1.165, 1.54) is 0 Å². The lowest BCUT2D eigenvalue weighted by Gasteiger charge is -2.08. The summed E-state index contributed by atoms with van der Waals surface area (Å²) in [6.07, 6.45) is 1.85. The van der Waals surface area contributed by atoms with E-state index in [9.17, 15) is 9.00 Å². The van der Waals surface area contributed by atoms with Crippen LogP contribution in [0.25, 0.3) is 0 Å². The molecule has 4 nitrogen and oxygen atoms in total. The highest BCUT2D eigenvalue weighted by Gasteiger charge is 2.07. The summed E-state index contributed by atoms with van der Waals surface area (Å²) in [4.78, 5) is 11.7. The number of carbonyl (C=O) groups is 1. The second-order valence-corrected chi connectivity index (χ2v) is 6.36. The van der Waals surface area contributed by atoms with Crippen LogP contribution in [-0.4, -0.2) is 21.6 Å². The molecular weight excluding hydrogens is 284 g/mol. The highest BCUT2D eigenvalue weighted by Crippen LogP contribution is 2.23. The molecule has 0 aliphatic rings. The van der Waals surface area contributed by atoms with Gasteiger partial charge in [-0.2, -0.15) is 0 Å². The summed E-state index contributed by atoms with van der Waals surface area (Å²) in [6.45, 7) is 1.99. The number of benzene rings is 1. The minimum Gasteiger partial charge on any atom is -0.397 e. The molecule has 0 saturated heterocycles. The lowest BCUT2D eigenvalue weighted by Crippen LogP contribution is -2.14. The Bertz CT molecular complexity index is 466. The van der Waals surface area contributed by atoms with Crippen molar-refractivity contribution in [2.75, 3.05) is 22.6 Å². The fraction of sp³-hybridized carbons (Fsp3) is 0.462. The van der Waals surface area contributed by atoms with E-state index in [4.69, 9.17) is 17.3 Å². The normalized spacial score (nSPS) is 12.1. The van der Waals surface area contributed by atoms with Crippen molar-refractivity contribution >= 4 is 39.7 Å². The van der Waals surface area contributed by atoms with Crippen molar-refractivity contribution in [3.05, 3.63) is 23.2 Å². The Morgan fingerprint density at radius 2 is 2.16 bits per heavy atom. The summed E-state index contributed by atoms with van der Waals surface area (Å²) in [5, 5.41) is 3.23. The molecule has 1 atom stereocenters. The third kappa shape index (κ3) is 6.07. The van der Waals surface area contributed by atoms with Crippen LogP contribution in [0.4, 0.5) is 11.4 Å². The summed E-state index contributed by atoms with van der Waals surface area (Å²) in [6, 6.07) is 4.93. The van der Waals surface area contributed by atoms with Gasteiger partial charge in [0.15, 0.2) is 0 Å². The predicted molar refractivity (Wildman–Crippen MR) is 81.9 cm³/mol. The zero-order valence-electron chi connectivity index (χ0n) is 10.9. The van der Waals surface area contributed by atoms with Gasteiger partial charge in [-0.05, 0) is 31.0 Å². The van der Waals surface area contributed by atoms with Crippen molar-refractivity contribution in [1.29, 1.82) is 0 Å². The van der Waals surface area contributed by atoms with Gasteiger partial charge in [0, 0.05) is 33.7 Å². The molecule has 0 heterocycles. The smallest absolute Gasteiger partial charge is 0.224 e. The average molecular weight is 303 g/mol. The molecule has 1 aromatic carbocycles. The predicted octanol–water partition coefficient (Wildman–Crippen LogP) is 2.80. The van der Waals surface area contributed by atoms with Gasteiger partial charge < -0.3 is 11.1 Å². The van der Waals surface area contributed by atoms with Gasteiger partial charge in [0.25, 0.3) is 0 Å². The topological polar surface area (TPSA) is 72.2 Å². The van der Waals surface area contributed by atoms with Crippen LogP contribution < -0.4 is 11.1 Å². The number of nitrogens with one attached hydrogen (secondary N) is 1. The van der Waals surface area contributed by atoms with Crippen molar-refractivity contribution in [2.45, 2.75) is 26.2 Å². The van der Waals surface area contributed by atoms with Gasteiger partial charge >= 0.3 is 0 Å². The molecule has 0 aliphatic carbocycles. The Kier molecular flexibility index (Phi) is 6.87. The van der Waals surface area contributed by atoms with Gasteiger partial charge in [0.1, 0.15) is 0 Å². The van der Waals surface area contributed by atoms with Crippen molar-refractivity contribution in [3.8, 4) is 0 Å². The molecule has 0 aromatic heterocycles. The molecule has 1 amide bonds. The largest absolute Gasteiger partial charge is 0.397 e. The number of rotatable bonds is 7. The Hall–Kier alpha value is -1.07. The summed E-state index contributed by atoms with van der Waals surface area (Å²) >= 11 is 5.83. The second-order valence-electron chi connectivity index (χ2n) is 4.23. The Morgan fingerprint density at radius 3 is 2.84 bits per heavy atom. The summed E-state index contributed by atoms with van der Waals surface area (Å²) in [7, 11) is -0.817. The van der Waals surface area contributed by atoms with E-state index >= 15 is 0 Å². The average Bonchev–Trinajstić information content (AvgIpc) is 2.34. The third-order valence-electron chi connectivity index (χ3n) is 2.50. The fourth-order valence-corrected chi connectivity index (χ4v) is 2.87. The molecular formula is C13H19ClN2O2S. The maximum absolute atomic E-state index is 11.7. The quantitative estimate of drug-likeness (QED) is 0.761. The van der Waals surface area contributed by atoms with Crippen LogP contribution in [0.5, 0.6) is 0 Å². The standard InChI is InChI=1S/C13H19ClN2O2S/c1-2-7-19(18)8-3-4-13(17)16-12-9-10(14)5-6-11(12)15/h5-6,9H,2-4,7-8,15H2,1H3,(H,16,17). The monoisotopic (exact) mass is 302 g/mol. The Morgan fingerprint density at radius 1 is 1.42 bits per heavy atom. The molecule has 1 rings (SSSR count). The summed E-state index contributed by atoms with van der Waals surface area (Å²) in [5.74, 6) is 1.12. The number of hydrogen-bond acceptors (Lipinski definition) is 3. The van der Waals surface area contributed by atoms with Crippen molar-refractivity contribution < 1.29 is 9.00 Å². The number of nitrogen functional groups attached to an aromatic ring is 1. The second kappa shape index (κ2) is 8.17. The first kappa shape index (κ1) is 16.0. The maximum Gasteiger partial charge on any atom is 0.224 e. The highest BCUT2D eigenvalue weighted by atomic mass is 35.5. The number of amides is 1. The molecule has 0 spiro atoms. The van der Waals surface area contributed by atoms with E-state index < -0.39 is 10.8 Å². The van der Waals surface area contributed by atoms with Crippen molar-refractivity contribution in [1.82, 2.24) is 0 Å². The molecule has 19 heavy (non-hydrogen) atoms. The van der Waals surface area contributed by atoms with E-state index in [0.717, 1.165) is 6.42 Å². The molecule has 0 radical (unpaired) electrons. The van der Waals surface area contributed by atoms with Crippen LogP contribution in [0, 0.1) is 0 Å². The minimum absolute atomic E-state index is 0.137. The molecule has 1 unspecified atom stereocenters. The molecule has 0 aliphatic heterocycles. The lowest BCUT2D eigenvalue weighted by atomic mass is 10.2. The van der Waals surface area contributed by atoms with E-state index in [-0.39, 0.29) is 5.91 Å². The molecule has 106 valence electrons.